The molecule has 0 saturated heterocycles. The van der Waals surface area contributed by atoms with E-state index in [2.05, 4.69) is 0 Å². The number of esters is 1. The Morgan fingerprint density at radius 3 is 2.48 bits per heavy atom. The van der Waals surface area contributed by atoms with E-state index >= 15 is 0 Å². The molecule has 0 radical (unpaired) electrons. The maximum atomic E-state index is 13.2. The van der Waals surface area contributed by atoms with Crippen molar-refractivity contribution in [2.75, 3.05) is 0 Å². The van der Waals surface area contributed by atoms with Crippen LogP contribution in [-0.2, 0) is 17.8 Å². The molecule has 4 nitrogen and oxygen atoms in total. The van der Waals surface area contributed by atoms with Crippen LogP contribution in [-0.4, -0.2) is 5.97 Å². The topological polar surface area (TPSA) is 56.5 Å². The van der Waals surface area contributed by atoms with Crippen LogP contribution in [0.15, 0.2) is 51.7 Å². The first-order chi connectivity index (χ1) is 12.0. The second-order valence-electron chi connectivity index (χ2n) is 5.51. The summed E-state index contributed by atoms with van der Waals surface area (Å²) in [6, 6.07) is 9.08. The van der Waals surface area contributed by atoms with Gasteiger partial charge in [0.15, 0.2) is 0 Å². The number of fused-ring (bicyclic) bond motifs is 1. The van der Waals surface area contributed by atoms with Gasteiger partial charge in [0.2, 0.25) is 0 Å². The van der Waals surface area contributed by atoms with E-state index in [1.54, 1.807) is 12.1 Å². The molecular formula is C19H14F2O4. The smallest absolute Gasteiger partial charge is 0.338 e. The summed E-state index contributed by atoms with van der Waals surface area (Å²) < 4.78 is 36.6. The van der Waals surface area contributed by atoms with Gasteiger partial charge in [0.05, 0.1) is 5.56 Å². The summed E-state index contributed by atoms with van der Waals surface area (Å²) in [6.07, 6.45) is 0.782. The van der Waals surface area contributed by atoms with Crippen LogP contribution in [0.4, 0.5) is 8.78 Å². The first-order valence-corrected chi connectivity index (χ1v) is 7.65. The molecule has 0 bridgehead atoms. The van der Waals surface area contributed by atoms with Crippen molar-refractivity contribution in [3.05, 3.63) is 81.2 Å². The third kappa shape index (κ3) is 3.74. The van der Waals surface area contributed by atoms with Gasteiger partial charge < -0.3 is 9.15 Å². The van der Waals surface area contributed by atoms with Crippen molar-refractivity contribution in [3.8, 4) is 0 Å². The largest absolute Gasteiger partial charge is 0.457 e. The number of hydrogen-bond donors (Lipinski definition) is 0. The zero-order valence-corrected chi connectivity index (χ0v) is 13.3. The molecule has 1 heterocycles. The highest BCUT2D eigenvalue weighted by molar-refractivity contribution is 5.89. The number of rotatable bonds is 4. The Morgan fingerprint density at radius 1 is 1.08 bits per heavy atom. The summed E-state index contributed by atoms with van der Waals surface area (Å²) in [5.74, 6) is -2.63. The molecule has 0 aliphatic heterocycles. The van der Waals surface area contributed by atoms with Gasteiger partial charge in [-0.2, -0.15) is 0 Å². The molecule has 0 amide bonds. The van der Waals surface area contributed by atoms with Crippen LogP contribution in [0.2, 0.25) is 0 Å². The average Bonchev–Trinajstić information content (AvgIpc) is 2.57. The molecule has 0 aliphatic carbocycles. The molecule has 0 spiro atoms. The molecule has 1 aromatic heterocycles. The molecular weight excluding hydrogens is 330 g/mol. The molecule has 25 heavy (non-hydrogen) atoms. The van der Waals surface area contributed by atoms with Crippen LogP contribution in [0, 0.1) is 11.6 Å². The second kappa shape index (κ2) is 6.84. The van der Waals surface area contributed by atoms with E-state index in [1.165, 1.54) is 6.07 Å². The van der Waals surface area contributed by atoms with Crippen molar-refractivity contribution in [3.63, 3.8) is 0 Å². The zero-order valence-electron chi connectivity index (χ0n) is 13.3. The SMILES string of the molecule is CCc1ccc2c(COC(=O)c3cc(F)cc(F)c3)cc(=O)oc2c1. The van der Waals surface area contributed by atoms with Crippen LogP contribution in [0.3, 0.4) is 0 Å². The summed E-state index contributed by atoms with van der Waals surface area (Å²) >= 11 is 0. The van der Waals surface area contributed by atoms with Crippen molar-refractivity contribution < 1.29 is 22.7 Å². The van der Waals surface area contributed by atoms with Gasteiger partial charge in [-0.3, -0.25) is 0 Å². The first kappa shape index (κ1) is 16.8. The summed E-state index contributed by atoms with van der Waals surface area (Å²) in [4.78, 5) is 23.7. The van der Waals surface area contributed by atoms with Gasteiger partial charge in [-0.05, 0) is 30.2 Å². The fraction of sp³-hybridized carbons (Fsp3) is 0.158. The number of benzene rings is 2. The number of ether oxygens (including phenoxy) is 1. The van der Waals surface area contributed by atoms with E-state index in [1.807, 2.05) is 13.0 Å². The van der Waals surface area contributed by atoms with Crippen LogP contribution in [0.25, 0.3) is 11.0 Å². The van der Waals surface area contributed by atoms with E-state index in [-0.39, 0.29) is 12.2 Å². The van der Waals surface area contributed by atoms with Crippen LogP contribution < -0.4 is 5.63 Å². The third-order valence-electron chi connectivity index (χ3n) is 3.76. The van der Waals surface area contributed by atoms with Gasteiger partial charge in [0.25, 0.3) is 0 Å². The van der Waals surface area contributed by atoms with Gasteiger partial charge in [0, 0.05) is 23.1 Å². The van der Waals surface area contributed by atoms with Gasteiger partial charge in [-0.1, -0.05) is 19.1 Å². The van der Waals surface area contributed by atoms with E-state index in [9.17, 15) is 18.4 Å². The van der Waals surface area contributed by atoms with E-state index in [0.717, 1.165) is 24.1 Å². The molecule has 3 rings (SSSR count). The number of hydrogen-bond acceptors (Lipinski definition) is 4. The molecule has 0 aliphatic rings. The minimum atomic E-state index is -0.884. The molecule has 0 saturated carbocycles. The van der Waals surface area contributed by atoms with Gasteiger partial charge in [-0.25, -0.2) is 18.4 Å². The third-order valence-corrected chi connectivity index (χ3v) is 3.76. The highest BCUT2D eigenvalue weighted by Crippen LogP contribution is 2.20. The molecule has 128 valence electrons. The number of carbonyl (C=O) groups is 1. The lowest BCUT2D eigenvalue weighted by molar-refractivity contribution is 0.0472. The molecule has 0 unspecified atom stereocenters. The Kier molecular flexibility index (Phi) is 4.61. The Labute approximate surface area is 141 Å². The Bertz CT molecular complexity index is 988. The fourth-order valence-corrected chi connectivity index (χ4v) is 2.51. The van der Waals surface area contributed by atoms with Gasteiger partial charge in [0.1, 0.15) is 23.8 Å². The van der Waals surface area contributed by atoms with Crippen molar-refractivity contribution >= 4 is 16.9 Å². The summed E-state index contributed by atoms with van der Waals surface area (Å²) in [5.41, 5.74) is 1.05. The summed E-state index contributed by atoms with van der Waals surface area (Å²) in [6.45, 7) is 1.76. The predicted octanol–water partition coefficient (Wildman–Crippen LogP) is 3.99. The lowest BCUT2D eigenvalue weighted by Crippen LogP contribution is -2.08. The predicted molar refractivity (Wildman–Crippen MR) is 87.3 cm³/mol. The van der Waals surface area contributed by atoms with Crippen molar-refractivity contribution in [2.24, 2.45) is 0 Å². The van der Waals surface area contributed by atoms with Gasteiger partial charge in [-0.15, -0.1) is 0 Å². The maximum absolute atomic E-state index is 13.2. The monoisotopic (exact) mass is 344 g/mol. The second-order valence-corrected chi connectivity index (χ2v) is 5.51. The Morgan fingerprint density at radius 2 is 1.80 bits per heavy atom. The molecule has 0 N–H and O–H groups in total. The van der Waals surface area contributed by atoms with Crippen LogP contribution in [0.1, 0.15) is 28.4 Å². The Hall–Kier alpha value is -3.02. The highest BCUT2D eigenvalue weighted by Gasteiger charge is 2.13. The molecule has 0 fully saturated rings. The van der Waals surface area contributed by atoms with Gasteiger partial charge >= 0.3 is 11.6 Å². The molecule has 3 aromatic rings. The lowest BCUT2D eigenvalue weighted by Gasteiger charge is -2.08. The molecule has 2 aromatic carbocycles. The lowest BCUT2D eigenvalue weighted by atomic mass is 10.1. The normalized spacial score (nSPS) is 10.8. The molecule has 6 heteroatoms. The standard InChI is InChI=1S/C19H14F2O4/c1-2-11-3-4-16-13(8-18(22)25-17(16)5-11)10-24-19(23)12-6-14(20)9-15(21)7-12/h3-9H,2,10H2,1H3. The van der Waals surface area contributed by atoms with E-state index < -0.39 is 23.2 Å². The fourth-order valence-electron chi connectivity index (χ4n) is 2.51. The summed E-state index contributed by atoms with van der Waals surface area (Å²) in [5, 5.41) is 0.634. The highest BCUT2D eigenvalue weighted by atomic mass is 19.1. The minimum absolute atomic E-state index is 0.218. The van der Waals surface area contributed by atoms with E-state index in [0.29, 0.717) is 22.6 Å². The Balaban J connectivity index is 1.87. The molecule has 0 atom stereocenters. The van der Waals surface area contributed by atoms with Crippen LogP contribution in [0.5, 0.6) is 0 Å². The minimum Gasteiger partial charge on any atom is -0.457 e. The first-order valence-electron chi connectivity index (χ1n) is 7.65. The summed E-state index contributed by atoms with van der Waals surface area (Å²) in [7, 11) is 0. The van der Waals surface area contributed by atoms with Crippen molar-refractivity contribution in [1.29, 1.82) is 0 Å². The maximum Gasteiger partial charge on any atom is 0.338 e. The van der Waals surface area contributed by atoms with Crippen molar-refractivity contribution in [1.82, 2.24) is 0 Å². The average molecular weight is 344 g/mol. The number of carbonyl (C=O) groups excluding carboxylic acids is 1. The van der Waals surface area contributed by atoms with Crippen molar-refractivity contribution in [2.45, 2.75) is 20.0 Å². The number of halogens is 2. The quantitative estimate of drug-likeness (QED) is 0.530. The van der Waals surface area contributed by atoms with Crippen LogP contribution >= 0.6 is 0 Å². The number of aryl methyl sites for hydroxylation is 1. The van der Waals surface area contributed by atoms with E-state index in [4.69, 9.17) is 9.15 Å². The zero-order chi connectivity index (χ0) is 18.0.